The summed E-state index contributed by atoms with van der Waals surface area (Å²) >= 11 is 0. The van der Waals surface area contributed by atoms with Gasteiger partial charge in [-0.15, -0.1) is 0 Å². The zero-order valence-corrected chi connectivity index (χ0v) is 16.1. The summed E-state index contributed by atoms with van der Waals surface area (Å²) in [4.78, 5) is 27.0. The average Bonchev–Trinajstić information content (AvgIpc) is 2.46. The Morgan fingerprint density at radius 2 is 1.14 bits per heavy atom. The van der Waals surface area contributed by atoms with Gasteiger partial charge in [-0.1, -0.05) is 90.4 Å². The van der Waals surface area contributed by atoms with E-state index in [9.17, 15) is 4.57 Å². The number of unbranched alkanes of at least 4 members (excludes halogenated alkanes) is 12. The SMILES string of the molecule is CCCCCCCCCCCCCCCC(PO)P(=O)(O)O. The Kier molecular flexibility index (Phi) is 15.5. The van der Waals surface area contributed by atoms with E-state index < -0.39 is 21.8 Å². The first kappa shape index (κ1) is 22.5. The largest absolute Gasteiger partial charge is 0.376 e. The normalized spacial score (nSPS) is 14.0. The molecule has 22 heavy (non-hydrogen) atoms. The molecule has 0 bridgehead atoms. The van der Waals surface area contributed by atoms with Crippen molar-refractivity contribution in [2.24, 2.45) is 0 Å². The fourth-order valence-electron chi connectivity index (χ4n) is 2.66. The Labute approximate surface area is 138 Å². The van der Waals surface area contributed by atoms with Gasteiger partial charge in [-0.2, -0.15) is 0 Å². The summed E-state index contributed by atoms with van der Waals surface area (Å²) in [5, 5.41) is -0.833. The first-order chi connectivity index (χ1) is 10.5. The van der Waals surface area contributed by atoms with E-state index >= 15 is 0 Å². The summed E-state index contributed by atoms with van der Waals surface area (Å²) in [5.41, 5.74) is 0. The van der Waals surface area contributed by atoms with Crippen LogP contribution in [0.5, 0.6) is 0 Å². The quantitative estimate of drug-likeness (QED) is 0.251. The second-order valence-corrected chi connectivity index (χ2v) is 9.51. The van der Waals surface area contributed by atoms with Crippen LogP contribution in [-0.2, 0) is 4.57 Å². The molecule has 134 valence electrons. The van der Waals surface area contributed by atoms with Crippen LogP contribution in [0.4, 0.5) is 0 Å². The first-order valence-electron chi connectivity index (χ1n) is 8.97. The van der Waals surface area contributed by atoms with Gasteiger partial charge in [0.15, 0.2) is 0 Å². The van der Waals surface area contributed by atoms with Crippen LogP contribution in [0.1, 0.15) is 96.8 Å². The van der Waals surface area contributed by atoms with Crippen molar-refractivity contribution in [2.75, 3.05) is 0 Å². The molecule has 0 rings (SSSR count). The Balaban J connectivity index is 3.25. The predicted molar refractivity (Wildman–Crippen MR) is 96.7 cm³/mol. The molecule has 0 heterocycles. The number of hydrogen-bond donors (Lipinski definition) is 3. The van der Waals surface area contributed by atoms with E-state index in [0.717, 1.165) is 19.3 Å². The van der Waals surface area contributed by atoms with Crippen LogP contribution in [-0.4, -0.2) is 20.1 Å². The maximum absolute atomic E-state index is 11.1. The smallest absolute Gasteiger partial charge is 0.334 e. The molecule has 0 aromatic heterocycles. The molecule has 0 spiro atoms. The van der Waals surface area contributed by atoms with Gasteiger partial charge < -0.3 is 14.7 Å². The minimum atomic E-state index is -4.10. The minimum Gasteiger partial charge on any atom is -0.376 e. The lowest BCUT2D eigenvalue weighted by Crippen LogP contribution is -2.01. The maximum Gasteiger partial charge on any atom is 0.334 e. The monoisotopic (exact) mass is 354 g/mol. The lowest BCUT2D eigenvalue weighted by molar-refractivity contribution is 0.364. The van der Waals surface area contributed by atoms with Crippen molar-refractivity contribution in [3.8, 4) is 0 Å². The Hall–Kier alpha value is 0.540. The van der Waals surface area contributed by atoms with Gasteiger partial charge >= 0.3 is 7.60 Å². The maximum atomic E-state index is 11.1. The van der Waals surface area contributed by atoms with Gasteiger partial charge in [0.25, 0.3) is 0 Å². The Morgan fingerprint density at radius 1 is 0.773 bits per heavy atom. The van der Waals surface area contributed by atoms with Crippen molar-refractivity contribution in [1.29, 1.82) is 0 Å². The molecule has 0 aromatic carbocycles. The minimum absolute atomic E-state index is 0.441. The Bertz CT molecular complexity index is 281. The van der Waals surface area contributed by atoms with Gasteiger partial charge in [0.05, 0.1) is 0 Å². The molecule has 0 aliphatic heterocycles. The van der Waals surface area contributed by atoms with Crippen molar-refractivity contribution in [1.82, 2.24) is 0 Å². The topological polar surface area (TPSA) is 77.8 Å². The third-order valence-electron chi connectivity index (χ3n) is 4.14. The van der Waals surface area contributed by atoms with Gasteiger partial charge in [-0.05, 0) is 6.42 Å². The summed E-state index contributed by atoms with van der Waals surface area (Å²) in [6.45, 7) is 2.25. The molecule has 0 amide bonds. The molecule has 2 unspecified atom stereocenters. The molecular formula is C16H36O4P2. The van der Waals surface area contributed by atoms with Crippen LogP contribution < -0.4 is 0 Å². The van der Waals surface area contributed by atoms with Crippen LogP contribution in [0.15, 0.2) is 0 Å². The van der Waals surface area contributed by atoms with Crippen LogP contribution in [0.2, 0.25) is 0 Å². The molecule has 2 atom stereocenters. The van der Waals surface area contributed by atoms with E-state index in [0.29, 0.717) is 6.42 Å². The molecule has 0 fully saturated rings. The van der Waals surface area contributed by atoms with E-state index in [2.05, 4.69) is 6.92 Å². The summed E-state index contributed by atoms with van der Waals surface area (Å²) in [5.74, 6) is 0. The van der Waals surface area contributed by atoms with Crippen LogP contribution >= 0.6 is 16.4 Å². The van der Waals surface area contributed by atoms with Crippen LogP contribution in [0.3, 0.4) is 0 Å². The highest BCUT2D eigenvalue weighted by Crippen LogP contribution is 2.50. The highest BCUT2D eigenvalue weighted by molar-refractivity contribution is 7.63. The lowest BCUT2D eigenvalue weighted by Gasteiger charge is -2.14. The van der Waals surface area contributed by atoms with Crippen molar-refractivity contribution in [3.05, 3.63) is 0 Å². The van der Waals surface area contributed by atoms with E-state index in [1.165, 1.54) is 64.2 Å². The van der Waals surface area contributed by atoms with Crippen LogP contribution in [0.25, 0.3) is 0 Å². The van der Waals surface area contributed by atoms with E-state index in [1.54, 1.807) is 0 Å². The summed E-state index contributed by atoms with van der Waals surface area (Å²) in [6.07, 6.45) is 16.8. The van der Waals surface area contributed by atoms with E-state index in [1.807, 2.05) is 0 Å². The molecular weight excluding hydrogens is 318 g/mol. The lowest BCUT2D eigenvalue weighted by atomic mass is 10.0. The van der Waals surface area contributed by atoms with Crippen molar-refractivity contribution in [2.45, 2.75) is 102 Å². The molecule has 6 heteroatoms. The number of rotatable bonds is 16. The zero-order valence-electron chi connectivity index (χ0n) is 14.2. The van der Waals surface area contributed by atoms with Crippen LogP contribution in [0, 0.1) is 0 Å². The molecule has 0 radical (unpaired) electrons. The summed E-state index contributed by atoms with van der Waals surface area (Å²) in [6, 6.07) is 0. The molecule has 0 saturated heterocycles. The molecule has 0 aromatic rings. The third-order valence-corrected chi connectivity index (χ3v) is 7.15. The zero-order chi connectivity index (χ0) is 16.7. The predicted octanol–water partition coefficient (Wildman–Crippen LogP) is 5.56. The Morgan fingerprint density at radius 3 is 1.45 bits per heavy atom. The molecule has 3 N–H and O–H groups in total. The highest BCUT2D eigenvalue weighted by Gasteiger charge is 2.27. The molecule has 0 saturated carbocycles. The van der Waals surface area contributed by atoms with Gasteiger partial charge in [0.2, 0.25) is 0 Å². The average molecular weight is 354 g/mol. The molecule has 4 nitrogen and oxygen atoms in total. The third kappa shape index (κ3) is 14.2. The summed E-state index contributed by atoms with van der Waals surface area (Å²) in [7, 11) is -4.75. The van der Waals surface area contributed by atoms with Gasteiger partial charge in [-0.25, -0.2) is 0 Å². The van der Waals surface area contributed by atoms with Crippen molar-refractivity contribution < 1.29 is 19.2 Å². The molecule has 0 aliphatic carbocycles. The second kappa shape index (κ2) is 15.1. The van der Waals surface area contributed by atoms with Gasteiger partial charge in [0.1, 0.15) is 5.40 Å². The number of hydrogen-bond acceptors (Lipinski definition) is 2. The fraction of sp³-hybridized carbons (Fsp3) is 1.00. The van der Waals surface area contributed by atoms with E-state index in [-0.39, 0.29) is 0 Å². The first-order valence-corrected chi connectivity index (χ1v) is 11.7. The standard InChI is InChI=1S/C16H36O4P2/c1-2-3-4-5-6-7-8-9-10-11-12-13-14-15-16(21-17)22(18,19)20/h16-17,21H,2-15H2,1H3,(H2,18,19,20). The van der Waals surface area contributed by atoms with Crippen molar-refractivity contribution >= 4 is 16.4 Å². The van der Waals surface area contributed by atoms with Gasteiger partial charge in [-0.3, -0.25) is 4.57 Å². The van der Waals surface area contributed by atoms with Crippen molar-refractivity contribution in [3.63, 3.8) is 0 Å². The van der Waals surface area contributed by atoms with E-state index in [4.69, 9.17) is 14.7 Å². The molecule has 0 aliphatic rings. The highest BCUT2D eigenvalue weighted by atomic mass is 31.2. The van der Waals surface area contributed by atoms with Gasteiger partial charge in [0, 0.05) is 8.81 Å². The second-order valence-electron chi connectivity index (χ2n) is 6.27. The fourth-order valence-corrected chi connectivity index (χ4v) is 4.12. The summed E-state index contributed by atoms with van der Waals surface area (Å²) < 4.78 is 11.1.